The van der Waals surface area contributed by atoms with E-state index in [1.165, 1.54) is 31.2 Å². The largest absolute Gasteiger partial charge is 0.356 e. The molecule has 136 valence electrons. The number of halogens is 1. The number of nitrogens with one attached hydrogen (secondary N) is 2. The summed E-state index contributed by atoms with van der Waals surface area (Å²) >= 11 is 0. The molecule has 1 saturated carbocycles. The maximum atomic E-state index is 4.34. The van der Waals surface area contributed by atoms with Gasteiger partial charge in [0.25, 0.3) is 0 Å². The van der Waals surface area contributed by atoms with E-state index in [4.69, 9.17) is 0 Å². The van der Waals surface area contributed by atoms with E-state index < -0.39 is 0 Å². The normalized spacial score (nSPS) is 16.3. The van der Waals surface area contributed by atoms with Gasteiger partial charge in [0.05, 0.1) is 6.54 Å². The van der Waals surface area contributed by atoms with Crippen molar-refractivity contribution in [3.05, 3.63) is 48.0 Å². The highest BCUT2D eigenvalue weighted by Gasteiger charge is 2.35. The molecule has 1 aromatic carbocycles. The predicted molar refractivity (Wildman–Crippen MR) is 111 cm³/mol. The number of hydrogen-bond donors (Lipinski definition) is 2. The number of nitrogens with zero attached hydrogens (tertiary/aromatic N) is 4. The van der Waals surface area contributed by atoms with Gasteiger partial charge in [0.1, 0.15) is 6.33 Å². The van der Waals surface area contributed by atoms with Crippen molar-refractivity contribution in [1.29, 1.82) is 0 Å². The van der Waals surface area contributed by atoms with Crippen molar-refractivity contribution in [2.75, 3.05) is 13.6 Å². The first-order chi connectivity index (χ1) is 11.7. The first kappa shape index (κ1) is 19.7. The second kappa shape index (κ2) is 9.17. The van der Waals surface area contributed by atoms with Crippen LogP contribution >= 0.6 is 24.0 Å². The molecule has 1 aliphatic carbocycles. The fourth-order valence-electron chi connectivity index (χ4n) is 3.51. The Balaban J connectivity index is 0.00000225. The Hall–Kier alpha value is -1.64. The summed E-state index contributed by atoms with van der Waals surface area (Å²) in [6.07, 6.45) is 6.74. The van der Waals surface area contributed by atoms with E-state index in [1.54, 1.807) is 13.4 Å². The Labute approximate surface area is 166 Å². The Morgan fingerprint density at radius 1 is 1.20 bits per heavy atom. The molecular formula is C18H27IN6. The topological polar surface area (TPSA) is 67.1 Å². The highest BCUT2D eigenvalue weighted by atomic mass is 127. The first-order valence-electron chi connectivity index (χ1n) is 8.56. The number of aryl methyl sites for hydroxylation is 1. The lowest BCUT2D eigenvalue weighted by atomic mass is 9.79. The summed E-state index contributed by atoms with van der Waals surface area (Å²) in [5, 5.41) is 14.8. The van der Waals surface area contributed by atoms with Crippen molar-refractivity contribution in [1.82, 2.24) is 25.4 Å². The Kier molecular flexibility index (Phi) is 7.22. The fourth-order valence-corrected chi connectivity index (χ4v) is 3.51. The van der Waals surface area contributed by atoms with Crippen molar-refractivity contribution in [2.45, 2.75) is 37.6 Å². The standard InChI is InChI=1S/C18H26N6.HI/c1-19-17(20-12-16-23-22-14-24(16)2)21-13-18(10-6-7-11-18)15-8-4-3-5-9-15;/h3-5,8-9,14H,6-7,10-13H2,1-2H3,(H2,19,20,21);1H. The SMILES string of the molecule is CN=C(NCc1nncn1C)NCC1(c2ccccc2)CCCC1.I. The molecule has 0 radical (unpaired) electrons. The maximum Gasteiger partial charge on any atom is 0.191 e. The fraction of sp³-hybridized carbons (Fsp3) is 0.500. The molecule has 0 unspecified atom stereocenters. The third kappa shape index (κ3) is 4.71. The van der Waals surface area contributed by atoms with Gasteiger partial charge in [-0.05, 0) is 18.4 Å². The minimum atomic E-state index is 0. The van der Waals surface area contributed by atoms with Gasteiger partial charge in [-0.1, -0.05) is 43.2 Å². The van der Waals surface area contributed by atoms with Crippen LogP contribution in [-0.2, 0) is 19.0 Å². The maximum absolute atomic E-state index is 4.34. The average molecular weight is 454 g/mol. The monoisotopic (exact) mass is 454 g/mol. The van der Waals surface area contributed by atoms with Crippen molar-refractivity contribution in [2.24, 2.45) is 12.0 Å². The number of benzene rings is 1. The molecule has 1 heterocycles. The molecule has 0 aliphatic heterocycles. The van der Waals surface area contributed by atoms with Gasteiger partial charge < -0.3 is 15.2 Å². The summed E-state index contributed by atoms with van der Waals surface area (Å²) in [5.41, 5.74) is 1.64. The van der Waals surface area contributed by atoms with Crippen molar-refractivity contribution in [3.8, 4) is 0 Å². The van der Waals surface area contributed by atoms with Gasteiger partial charge in [-0.15, -0.1) is 34.2 Å². The summed E-state index contributed by atoms with van der Waals surface area (Å²) in [5.74, 6) is 1.69. The predicted octanol–water partition coefficient (Wildman–Crippen LogP) is 2.61. The van der Waals surface area contributed by atoms with Crippen LogP contribution in [0.15, 0.2) is 41.7 Å². The van der Waals surface area contributed by atoms with E-state index in [2.05, 4.69) is 56.2 Å². The zero-order valence-corrected chi connectivity index (χ0v) is 17.2. The van der Waals surface area contributed by atoms with E-state index in [0.717, 1.165) is 18.3 Å². The summed E-state index contributed by atoms with van der Waals surface area (Å²) in [6, 6.07) is 10.9. The quantitative estimate of drug-likeness (QED) is 0.414. The molecular weight excluding hydrogens is 427 g/mol. The lowest BCUT2D eigenvalue weighted by Crippen LogP contribution is -2.44. The number of rotatable bonds is 5. The number of aliphatic imine (C=N–C) groups is 1. The smallest absolute Gasteiger partial charge is 0.191 e. The van der Waals surface area contributed by atoms with Gasteiger partial charge in [-0.3, -0.25) is 4.99 Å². The van der Waals surface area contributed by atoms with E-state index in [-0.39, 0.29) is 29.4 Å². The zero-order valence-electron chi connectivity index (χ0n) is 14.9. The van der Waals surface area contributed by atoms with Crippen LogP contribution < -0.4 is 10.6 Å². The van der Waals surface area contributed by atoms with E-state index in [0.29, 0.717) is 6.54 Å². The van der Waals surface area contributed by atoms with E-state index >= 15 is 0 Å². The van der Waals surface area contributed by atoms with Crippen LogP contribution in [-0.4, -0.2) is 34.3 Å². The van der Waals surface area contributed by atoms with Gasteiger partial charge >= 0.3 is 0 Å². The van der Waals surface area contributed by atoms with Crippen LogP contribution in [0.1, 0.15) is 37.1 Å². The second-order valence-electron chi connectivity index (χ2n) is 6.49. The molecule has 0 atom stereocenters. The average Bonchev–Trinajstić information content (AvgIpc) is 3.26. The van der Waals surface area contributed by atoms with E-state index in [1.807, 2.05) is 11.6 Å². The molecule has 2 N–H and O–H groups in total. The van der Waals surface area contributed by atoms with Gasteiger partial charge in [0.15, 0.2) is 11.8 Å². The van der Waals surface area contributed by atoms with E-state index in [9.17, 15) is 0 Å². The summed E-state index contributed by atoms with van der Waals surface area (Å²) in [6.45, 7) is 1.50. The number of aromatic nitrogens is 3. The summed E-state index contributed by atoms with van der Waals surface area (Å²) in [4.78, 5) is 4.34. The Morgan fingerprint density at radius 2 is 1.92 bits per heavy atom. The molecule has 0 amide bonds. The third-order valence-corrected chi connectivity index (χ3v) is 4.98. The summed E-state index contributed by atoms with van der Waals surface area (Å²) < 4.78 is 1.91. The molecule has 0 spiro atoms. The zero-order chi connectivity index (χ0) is 16.8. The molecule has 2 aromatic rings. The highest BCUT2D eigenvalue weighted by molar-refractivity contribution is 14.0. The van der Waals surface area contributed by atoms with Crippen LogP contribution in [0.2, 0.25) is 0 Å². The van der Waals surface area contributed by atoms with Crippen LogP contribution in [0.3, 0.4) is 0 Å². The van der Waals surface area contributed by atoms with Crippen LogP contribution in [0, 0.1) is 0 Å². The Morgan fingerprint density at radius 3 is 2.52 bits per heavy atom. The van der Waals surface area contributed by atoms with Crippen LogP contribution in [0.4, 0.5) is 0 Å². The molecule has 1 fully saturated rings. The number of guanidine groups is 1. The second-order valence-corrected chi connectivity index (χ2v) is 6.49. The minimum Gasteiger partial charge on any atom is -0.356 e. The van der Waals surface area contributed by atoms with Crippen molar-refractivity contribution in [3.63, 3.8) is 0 Å². The molecule has 0 saturated heterocycles. The first-order valence-corrected chi connectivity index (χ1v) is 8.56. The molecule has 1 aromatic heterocycles. The minimum absolute atomic E-state index is 0. The molecule has 1 aliphatic rings. The highest BCUT2D eigenvalue weighted by Crippen LogP contribution is 2.40. The van der Waals surface area contributed by atoms with Crippen molar-refractivity contribution >= 4 is 29.9 Å². The molecule has 7 heteroatoms. The van der Waals surface area contributed by atoms with Gasteiger partial charge in [0.2, 0.25) is 0 Å². The molecule has 3 rings (SSSR count). The molecule has 0 bridgehead atoms. The van der Waals surface area contributed by atoms with Gasteiger partial charge in [-0.2, -0.15) is 0 Å². The Bertz CT molecular complexity index is 676. The van der Waals surface area contributed by atoms with Gasteiger partial charge in [0, 0.05) is 26.1 Å². The molecule has 25 heavy (non-hydrogen) atoms. The number of hydrogen-bond acceptors (Lipinski definition) is 3. The van der Waals surface area contributed by atoms with Crippen LogP contribution in [0.5, 0.6) is 0 Å². The third-order valence-electron chi connectivity index (χ3n) is 4.98. The lowest BCUT2D eigenvalue weighted by Gasteiger charge is -2.30. The molecule has 6 nitrogen and oxygen atoms in total. The lowest BCUT2D eigenvalue weighted by molar-refractivity contribution is 0.431. The van der Waals surface area contributed by atoms with Crippen LogP contribution in [0.25, 0.3) is 0 Å². The summed E-state index contributed by atoms with van der Waals surface area (Å²) in [7, 11) is 3.74. The van der Waals surface area contributed by atoms with Gasteiger partial charge in [-0.25, -0.2) is 0 Å². The van der Waals surface area contributed by atoms with Crippen molar-refractivity contribution < 1.29 is 0 Å².